The van der Waals surface area contributed by atoms with E-state index in [1.165, 1.54) is 14.0 Å². The highest BCUT2D eigenvalue weighted by molar-refractivity contribution is 5.67. The van der Waals surface area contributed by atoms with Crippen LogP contribution in [0.25, 0.3) is 0 Å². The Hall–Kier alpha value is -1.56. The van der Waals surface area contributed by atoms with Crippen molar-refractivity contribution in [2.24, 2.45) is 5.92 Å². The third-order valence-electron chi connectivity index (χ3n) is 4.32. The van der Waals surface area contributed by atoms with Gasteiger partial charge in [-0.15, -0.1) is 0 Å². The maximum atomic E-state index is 13.1. The van der Waals surface area contributed by atoms with Crippen molar-refractivity contribution >= 4 is 6.21 Å². The molecule has 6 heteroatoms. The molecule has 1 aromatic carbocycles. The zero-order valence-corrected chi connectivity index (χ0v) is 13.2. The van der Waals surface area contributed by atoms with Crippen LogP contribution in [0.3, 0.4) is 0 Å². The minimum absolute atomic E-state index is 0.0737. The molecular formula is C16H22F3NO2. The summed E-state index contributed by atoms with van der Waals surface area (Å²) in [5.74, 6) is -1.33. The molecule has 0 aliphatic rings. The van der Waals surface area contributed by atoms with Crippen molar-refractivity contribution in [2.45, 2.75) is 44.9 Å². The topological polar surface area (TPSA) is 53.3 Å². The second-order valence-corrected chi connectivity index (χ2v) is 5.44. The number of aryl methyl sites for hydroxylation is 1. The monoisotopic (exact) mass is 317 g/mol. The second-order valence-electron chi connectivity index (χ2n) is 5.44. The minimum atomic E-state index is -4.90. The maximum absolute atomic E-state index is 13.1. The number of halogens is 3. The van der Waals surface area contributed by atoms with E-state index in [0.717, 1.165) is 5.56 Å². The standard InChI is InChI=1S/C16H22F3NO2/c1-5-12-7-6-8-13(14(12)22-4)10(2)11(3)15(21,9-20)16(17,18)19/h6-11,20-21H,5H2,1-4H3. The van der Waals surface area contributed by atoms with Crippen molar-refractivity contribution in [3.63, 3.8) is 0 Å². The predicted octanol–water partition coefficient (Wildman–Crippen LogP) is 3.94. The van der Waals surface area contributed by atoms with Crippen molar-refractivity contribution in [3.8, 4) is 5.75 Å². The van der Waals surface area contributed by atoms with Gasteiger partial charge in [0.05, 0.1) is 7.11 Å². The molecule has 1 rings (SSSR count). The van der Waals surface area contributed by atoms with E-state index in [9.17, 15) is 18.3 Å². The first kappa shape index (κ1) is 18.5. The molecule has 1 aromatic rings. The lowest BCUT2D eigenvalue weighted by Gasteiger charge is -2.36. The molecule has 0 spiro atoms. The van der Waals surface area contributed by atoms with Gasteiger partial charge in [-0.1, -0.05) is 39.0 Å². The largest absolute Gasteiger partial charge is 0.496 e. The molecular weight excluding hydrogens is 295 g/mol. The highest BCUT2D eigenvalue weighted by Crippen LogP contribution is 2.43. The molecule has 0 radical (unpaired) electrons. The molecule has 0 heterocycles. The third-order valence-corrected chi connectivity index (χ3v) is 4.32. The van der Waals surface area contributed by atoms with Gasteiger partial charge < -0.3 is 15.3 Å². The van der Waals surface area contributed by atoms with Gasteiger partial charge in [0.25, 0.3) is 0 Å². The van der Waals surface area contributed by atoms with Gasteiger partial charge in [-0.25, -0.2) is 0 Å². The summed E-state index contributed by atoms with van der Waals surface area (Å²) in [6.07, 6.45) is -4.14. The highest BCUT2D eigenvalue weighted by atomic mass is 19.4. The average molecular weight is 317 g/mol. The van der Waals surface area contributed by atoms with Crippen molar-refractivity contribution in [2.75, 3.05) is 7.11 Å². The van der Waals surface area contributed by atoms with Gasteiger partial charge in [-0.05, 0) is 23.5 Å². The molecule has 0 aromatic heterocycles. The van der Waals surface area contributed by atoms with Crippen molar-refractivity contribution in [3.05, 3.63) is 29.3 Å². The Bertz CT molecular complexity index is 531. The summed E-state index contributed by atoms with van der Waals surface area (Å²) in [4.78, 5) is 0. The Kier molecular flexibility index (Phi) is 5.62. The fourth-order valence-electron chi connectivity index (χ4n) is 2.61. The SMILES string of the molecule is CCc1cccc(C(C)C(C)C(O)(C=N)C(F)(F)F)c1OC. The van der Waals surface area contributed by atoms with Crippen molar-refractivity contribution in [1.82, 2.24) is 0 Å². The summed E-state index contributed by atoms with van der Waals surface area (Å²) >= 11 is 0. The number of aliphatic hydroxyl groups is 1. The van der Waals surface area contributed by atoms with Crippen LogP contribution < -0.4 is 4.74 Å². The first-order chi connectivity index (χ1) is 10.1. The number of methoxy groups -OCH3 is 1. The molecule has 124 valence electrons. The summed E-state index contributed by atoms with van der Waals surface area (Å²) in [5, 5.41) is 17.0. The van der Waals surface area contributed by atoms with Gasteiger partial charge in [0.2, 0.25) is 0 Å². The molecule has 22 heavy (non-hydrogen) atoms. The van der Waals surface area contributed by atoms with E-state index in [4.69, 9.17) is 10.1 Å². The number of alkyl halides is 3. The second kappa shape index (κ2) is 6.69. The first-order valence-corrected chi connectivity index (χ1v) is 7.10. The number of para-hydroxylation sites is 1. The molecule has 0 aliphatic heterocycles. The predicted molar refractivity (Wildman–Crippen MR) is 79.7 cm³/mol. The Labute approximate surface area is 128 Å². The zero-order valence-electron chi connectivity index (χ0n) is 13.2. The van der Waals surface area contributed by atoms with Gasteiger partial charge in [0.15, 0.2) is 5.60 Å². The van der Waals surface area contributed by atoms with Crippen LogP contribution in [-0.4, -0.2) is 30.2 Å². The molecule has 0 bridgehead atoms. The molecule has 0 saturated carbocycles. The number of ether oxygens (including phenoxy) is 1. The smallest absolute Gasteiger partial charge is 0.422 e. The van der Waals surface area contributed by atoms with Gasteiger partial charge in [0.1, 0.15) is 5.75 Å². The van der Waals surface area contributed by atoms with Gasteiger partial charge in [-0.2, -0.15) is 13.2 Å². The van der Waals surface area contributed by atoms with E-state index in [0.29, 0.717) is 17.7 Å². The lowest BCUT2D eigenvalue weighted by Crippen LogP contribution is -2.53. The summed E-state index contributed by atoms with van der Waals surface area (Å²) in [7, 11) is 1.47. The molecule has 2 N–H and O–H groups in total. The normalized spacial score (nSPS) is 17.5. The van der Waals surface area contributed by atoms with E-state index in [1.54, 1.807) is 19.1 Å². The van der Waals surface area contributed by atoms with E-state index in [1.807, 2.05) is 13.0 Å². The quantitative estimate of drug-likeness (QED) is 0.781. The molecule has 3 nitrogen and oxygen atoms in total. The van der Waals surface area contributed by atoms with Crippen LogP contribution in [0, 0.1) is 11.3 Å². The van der Waals surface area contributed by atoms with Crippen LogP contribution in [-0.2, 0) is 6.42 Å². The third kappa shape index (κ3) is 3.11. The van der Waals surface area contributed by atoms with Crippen LogP contribution in [0.5, 0.6) is 5.75 Å². The lowest BCUT2D eigenvalue weighted by molar-refractivity contribution is -0.246. The fraction of sp³-hybridized carbons (Fsp3) is 0.562. The summed E-state index contributed by atoms with van der Waals surface area (Å²) in [6.45, 7) is 4.82. The Morgan fingerprint density at radius 2 is 1.91 bits per heavy atom. The van der Waals surface area contributed by atoms with Crippen LogP contribution in [0.1, 0.15) is 37.8 Å². The number of nitrogens with one attached hydrogen (secondary N) is 1. The summed E-state index contributed by atoms with van der Waals surface area (Å²) < 4.78 is 44.7. The lowest BCUT2D eigenvalue weighted by atomic mass is 9.76. The fourth-order valence-corrected chi connectivity index (χ4v) is 2.61. The molecule has 0 saturated heterocycles. The van der Waals surface area contributed by atoms with Gasteiger partial charge >= 0.3 is 6.18 Å². The van der Waals surface area contributed by atoms with E-state index in [-0.39, 0.29) is 6.21 Å². The molecule has 3 atom stereocenters. The number of hydrogen-bond acceptors (Lipinski definition) is 3. The van der Waals surface area contributed by atoms with Crippen molar-refractivity contribution in [1.29, 1.82) is 5.41 Å². The van der Waals surface area contributed by atoms with Gasteiger partial charge in [-0.3, -0.25) is 0 Å². The first-order valence-electron chi connectivity index (χ1n) is 7.10. The Morgan fingerprint density at radius 1 is 1.32 bits per heavy atom. The molecule has 0 aliphatic carbocycles. The average Bonchev–Trinajstić information content (AvgIpc) is 2.50. The zero-order chi connectivity index (χ0) is 17.1. The Balaban J connectivity index is 3.31. The Morgan fingerprint density at radius 3 is 2.32 bits per heavy atom. The number of rotatable bonds is 6. The molecule has 0 amide bonds. The van der Waals surface area contributed by atoms with Crippen LogP contribution in [0.2, 0.25) is 0 Å². The van der Waals surface area contributed by atoms with E-state index in [2.05, 4.69) is 0 Å². The highest BCUT2D eigenvalue weighted by Gasteiger charge is 2.57. The van der Waals surface area contributed by atoms with Crippen molar-refractivity contribution < 1.29 is 23.0 Å². The van der Waals surface area contributed by atoms with E-state index >= 15 is 0 Å². The minimum Gasteiger partial charge on any atom is -0.496 e. The van der Waals surface area contributed by atoms with Crippen LogP contribution in [0.15, 0.2) is 18.2 Å². The summed E-state index contributed by atoms with van der Waals surface area (Å²) in [6, 6.07) is 5.31. The van der Waals surface area contributed by atoms with Gasteiger partial charge in [0, 0.05) is 12.1 Å². The molecule has 0 fully saturated rings. The number of benzene rings is 1. The van der Waals surface area contributed by atoms with Crippen LogP contribution >= 0.6 is 0 Å². The van der Waals surface area contributed by atoms with Crippen LogP contribution in [0.4, 0.5) is 13.2 Å². The number of hydrogen-bond donors (Lipinski definition) is 2. The summed E-state index contributed by atoms with van der Waals surface area (Å²) in [5.41, 5.74) is -1.68. The molecule has 3 unspecified atom stereocenters. The van der Waals surface area contributed by atoms with E-state index < -0.39 is 23.6 Å². The maximum Gasteiger partial charge on any atom is 0.422 e.